The summed E-state index contributed by atoms with van der Waals surface area (Å²) in [5.74, 6) is -1.21. The van der Waals surface area contributed by atoms with Crippen LogP contribution in [-0.4, -0.2) is 25.1 Å². The summed E-state index contributed by atoms with van der Waals surface area (Å²) in [5.41, 5.74) is 4.57. The molecule has 164 valence electrons. The number of aryl methyl sites for hydroxylation is 2. The number of nitrogens with zero attached hydrogens (tertiary/aromatic N) is 2. The van der Waals surface area contributed by atoms with Crippen LogP contribution in [0.1, 0.15) is 22.3 Å². The third-order valence-corrected chi connectivity index (χ3v) is 7.59. The Balaban J connectivity index is 1.66. The SMILES string of the molecule is Cc1cc(C)c2nc(N(Cc3ccccc3)C(=O)CS(=O)(=O)Cc3ccccc3)sc2c1. The first kappa shape index (κ1) is 22.2. The fourth-order valence-corrected chi connectivity index (χ4v) is 6.14. The molecule has 0 aliphatic carbocycles. The van der Waals surface area contributed by atoms with Gasteiger partial charge in [-0.3, -0.25) is 9.69 Å². The molecule has 0 aliphatic heterocycles. The van der Waals surface area contributed by atoms with Crippen molar-refractivity contribution in [2.75, 3.05) is 10.7 Å². The van der Waals surface area contributed by atoms with E-state index in [0.29, 0.717) is 10.7 Å². The average Bonchev–Trinajstić information content (AvgIpc) is 3.16. The Morgan fingerprint density at radius 3 is 2.22 bits per heavy atom. The molecule has 0 fully saturated rings. The zero-order valence-corrected chi connectivity index (χ0v) is 19.6. The minimum absolute atomic E-state index is 0.170. The van der Waals surface area contributed by atoms with Gasteiger partial charge in [0.05, 0.1) is 22.5 Å². The number of carbonyl (C=O) groups excluding carboxylic acids is 1. The summed E-state index contributed by atoms with van der Waals surface area (Å²) in [5, 5.41) is 0.512. The van der Waals surface area contributed by atoms with Crippen molar-refractivity contribution >= 4 is 42.4 Å². The highest BCUT2D eigenvalue weighted by Crippen LogP contribution is 2.32. The van der Waals surface area contributed by atoms with Gasteiger partial charge >= 0.3 is 0 Å². The molecule has 7 heteroatoms. The normalized spacial score (nSPS) is 11.6. The Morgan fingerprint density at radius 2 is 1.56 bits per heavy atom. The zero-order valence-electron chi connectivity index (χ0n) is 18.0. The van der Waals surface area contributed by atoms with E-state index in [1.54, 1.807) is 24.3 Å². The first-order valence-corrected chi connectivity index (χ1v) is 12.9. The highest BCUT2D eigenvalue weighted by Gasteiger charge is 2.26. The number of anilines is 1. The fraction of sp³-hybridized carbons (Fsp3) is 0.200. The molecule has 0 aliphatic rings. The van der Waals surface area contributed by atoms with E-state index in [0.717, 1.165) is 26.9 Å². The molecule has 4 aromatic rings. The summed E-state index contributed by atoms with van der Waals surface area (Å²) < 4.78 is 26.6. The van der Waals surface area contributed by atoms with Crippen molar-refractivity contribution in [2.24, 2.45) is 0 Å². The molecule has 0 unspecified atom stereocenters. The van der Waals surface area contributed by atoms with Crippen molar-refractivity contribution in [3.63, 3.8) is 0 Å². The summed E-state index contributed by atoms with van der Waals surface area (Å²) in [7, 11) is -3.64. The van der Waals surface area contributed by atoms with Gasteiger partial charge in [0, 0.05) is 0 Å². The van der Waals surface area contributed by atoms with Gasteiger partial charge < -0.3 is 0 Å². The lowest BCUT2D eigenvalue weighted by Gasteiger charge is -2.20. The largest absolute Gasteiger partial charge is 0.283 e. The minimum Gasteiger partial charge on any atom is -0.283 e. The number of rotatable bonds is 7. The molecule has 5 nitrogen and oxygen atoms in total. The molecule has 0 spiro atoms. The molecular weight excluding hydrogens is 440 g/mol. The molecule has 1 heterocycles. The van der Waals surface area contributed by atoms with Gasteiger partial charge in [0.1, 0.15) is 5.75 Å². The Hall–Kier alpha value is -3.03. The quantitative estimate of drug-likeness (QED) is 0.383. The van der Waals surface area contributed by atoms with Crippen LogP contribution in [0.4, 0.5) is 5.13 Å². The van der Waals surface area contributed by atoms with Crippen LogP contribution in [0.15, 0.2) is 72.8 Å². The Morgan fingerprint density at radius 1 is 0.938 bits per heavy atom. The van der Waals surface area contributed by atoms with Gasteiger partial charge in [0.25, 0.3) is 0 Å². The molecule has 1 amide bonds. The van der Waals surface area contributed by atoms with Crippen LogP contribution in [0, 0.1) is 13.8 Å². The maximum absolute atomic E-state index is 13.3. The highest BCUT2D eigenvalue weighted by molar-refractivity contribution is 7.91. The number of amides is 1. The fourth-order valence-electron chi connectivity index (χ4n) is 3.65. The number of hydrogen-bond donors (Lipinski definition) is 0. The van der Waals surface area contributed by atoms with Gasteiger partial charge in [-0.25, -0.2) is 13.4 Å². The lowest BCUT2D eigenvalue weighted by atomic mass is 10.1. The molecule has 32 heavy (non-hydrogen) atoms. The first-order valence-electron chi connectivity index (χ1n) is 10.3. The number of hydrogen-bond acceptors (Lipinski definition) is 5. The smallest absolute Gasteiger partial charge is 0.244 e. The molecule has 0 saturated heterocycles. The standard InChI is InChI=1S/C25H24N2O3S2/c1-18-13-19(2)24-22(14-18)31-25(26-24)27(15-20-9-5-3-6-10-20)23(28)17-32(29,30)16-21-11-7-4-8-12-21/h3-14H,15-17H2,1-2H3. The van der Waals surface area contributed by atoms with Crippen molar-refractivity contribution in [1.29, 1.82) is 0 Å². The third kappa shape index (κ3) is 5.23. The predicted octanol–water partition coefficient (Wildman–Crippen LogP) is 5.06. The van der Waals surface area contributed by atoms with Gasteiger partial charge in [0.2, 0.25) is 5.91 Å². The van der Waals surface area contributed by atoms with Gasteiger partial charge in [0.15, 0.2) is 15.0 Å². The van der Waals surface area contributed by atoms with E-state index >= 15 is 0 Å². The van der Waals surface area contributed by atoms with Crippen LogP contribution in [0.25, 0.3) is 10.2 Å². The highest BCUT2D eigenvalue weighted by atomic mass is 32.2. The molecule has 0 bridgehead atoms. The lowest BCUT2D eigenvalue weighted by Crippen LogP contribution is -2.35. The second kappa shape index (κ2) is 9.22. The average molecular weight is 465 g/mol. The maximum atomic E-state index is 13.3. The molecule has 3 aromatic carbocycles. The second-order valence-electron chi connectivity index (χ2n) is 7.91. The summed E-state index contributed by atoms with van der Waals surface area (Å²) in [6, 6.07) is 22.6. The van der Waals surface area contributed by atoms with Crippen LogP contribution in [0.2, 0.25) is 0 Å². The number of sulfone groups is 1. The van der Waals surface area contributed by atoms with Crippen molar-refractivity contribution < 1.29 is 13.2 Å². The van der Waals surface area contributed by atoms with E-state index in [1.807, 2.05) is 56.3 Å². The number of carbonyl (C=O) groups is 1. The summed E-state index contributed by atoms with van der Waals surface area (Å²) >= 11 is 1.41. The lowest BCUT2D eigenvalue weighted by molar-refractivity contribution is -0.116. The monoisotopic (exact) mass is 464 g/mol. The van der Waals surface area contributed by atoms with Crippen LogP contribution in [0.3, 0.4) is 0 Å². The number of thiazole rings is 1. The van der Waals surface area contributed by atoms with E-state index in [4.69, 9.17) is 4.98 Å². The van der Waals surface area contributed by atoms with E-state index < -0.39 is 21.5 Å². The van der Waals surface area contributed by atoms with Gasteiger partial charge in [-0.05, 0) is 42.2 Å². The Bertz CT molecular complexity index is 1350. The molecule has 0 saturated carbocycles. The topological polar surface area (TPSA) is 67.3 Å². The molecule has 0 atom stereocenters. The van der Waals surface area contributed by atoms with E-state index in [9.17, 15) is 13.2 Å². The van der Waals surface area contributed by atoms with Crippen molar-refractivity contribution in [2.45, 2.75) is 26.1 Å². The summed E-state index contributed by atoms with van der Waals surface area (Å²) in [6.45, 7) is 4.28. The second-order valence-corrected chi connectivity index (χ2v) is 11.0. The summed E-state index contributed by atoms with van der Waals surface area (Å²) in [6.07, 6.45) is 0. The van der Waals surface area contributed by atoms with Gasteiger partial charge in [-0.2, -0.15) is 0 Å². The van der Waals surface area contributed by atoms with Gasteiger partial charge in [-0.15, -0.1) is 0 Å². The van der Waals surface area contributed by atoms with E-state index in [-0.39, 0.29) is 12.3 Å². The molecule has 0 radical (unpaired) electrons. The van der Waals surface area contributed by atoms with Crippen LogP contribution in [-0.2, 0) is 26.9 Å². The summed E-state index contributed by atoms with van der Waals surface area (Å²) in [4.78, 5) is 19.5. The van der Waals surface area contributed by atoms with Gasteiger partial charge in [-0.1, -0.05) is 78.1 Å². The number of benzene rings is 3. The number of fused-ring (bicyclic) bond motifs is 1. The van der Waals surface area contributed by atoms with Crippen molar-refractivity contribution in [3.05, 3.63) is 95.1 Å². The van der Waals surface area contributed by atoms with E-state index in [1.165, 1.54) is 16.2 Å². The molecular formula is C25H24N2O3S2. The van der Waals surface area contributed by atoms with Crippen LogP contribution >= 0.6 is 11.3 Å². The van der Waals surface area contributed by atoms with Crippen molar-refractivity contribution in [3.8, 4) is 0 Å². The Labute approximate surface area is 192 Å². The van der Waals surface area contributed by atoms with Crippen LogP contribution in [0.5, 0.6) is 0 Å². The zero-order chi connectivity index (χ0) is 22.7. The molecule has 4 rings (SSSR count). The van der Waals surface area contributed by atoms with Crippen LogP contribution < -0.4 is 4.90 Å². The number of aromatic nitrogens is 1. The minimum atomic E-state index is -3.64. The molecule has 0 N–H and O–H groups in total. The van der Waals surface area contributed by atoms with Crippen molar-refractivity contribution in [1.82, 2.24) is 4.98 Å². The maximum Gasteiger partial charge on any atom is 0.244 e. The third-order valence-electron chi connectivity index (χ3n) is 5.11. The van der Waals surface area contributed by atoms with E-state index in [2.05, 4.69) is 6.07 Å². The Kier molecular flexibility index (Phi) is 6.39. The first-order chi connectivity index (χ1) is 15.3. The predicted molar refractivity (Wildman–Crippen MR) is 131 cm³/mol. The molecule has 1 aromatic heterocycles.